The summed E-state index contributed by atoms with van der Waals surface area (Å²) in [5.41, 5.74) is 1.23. The number of para-hydroxylation sites is 1. The largest absolute Gasteiger partial charge is 0.496 e. The predicted octanol–water partition coefficient (Wildman–Crippen LogP) is 4.19. The Hall–Kier alpha value is -1.32. The van der Waals surface area contributed by atoms with E-state index in [0.717, 1.165) is 37.9 Å². The maximum Gasteiger partial charge on any atom is 0.191 e. The number of benzene rings is 1. The van der Waals surface area contributed by atoms with Crippen LogP contribution in [0.1, 0.15) is 34.2 Å². The van der Waals surface area contributed by atoms with Crippen LogP contribution in [-0.2, 0) is 6.54 Å². The van der Waals surface area contributed by atoms with Gasteiger partial charge in [0.1, 0.15) is 5.75 Å². The highest BCUT2D eigenvalue weighted by atomic mass is 127. The van der Waals surface area contributed by atoms with E-state index in [1.165, 1.54) is 28.2 Å². The Kier molecular flexibility index (Phi) is 9.53. The van der Waals surface area contributed by atoms with Gasteiger partial charge in [-0.2, -0.15) is 0 Å². The zero-order valence-corrected chi connectivity index (χ0v) is 20.1. The van der Waals surface area contributed by atoms with Crippen LogP contribution in [0.25, 0.3) is 0 Å². The molecule has 0 aliphatic carbocycles. The molecule has 7 heteroatoms. The summed E-state index contributed by atoms with van der Waals surface area (Å²) in [6.07, 6.45) is 2.52. The molecular weight excluding hydrogens is 483 g/mol. The van der Waals surface area contributed by atoms with Gasteiger partial charge in [-0.1, -0.05) is 18.2 Å². The van der Waals surface area contributed by atoms with Crippen LogP contribution in [0.3, 0.4) is 0 Å². The summed E-state index contributed by atoms with van der Waals surface area (Å²) in [7, 11) is 3.57. The van der Waals surface area contributed by atoms with E-state index in [9.17, 15) is 0 Å². The van der Waals surface area contributed by atoms with E-state index in [1.807, 2.05) is 30.5 Å². The lowest BCUT2D eigenvalue weighted by Gasteiger charge is -2.30. The van der Waals surface area contributed by atoms with Gasteiger partial charge in [0.2, 0.25) is 0 Å². The van der Waals surface area contributed by atoms with E-state index in [4.69, 9.17) is 4.74 Å². The van der Waals surface area contributed by atoms with Crippen LogP contribution in [0.5, 0.6) is 5.75 Å². The quantitative estimate of drug-likeness (QED) is 0.331. The van der Waals surface area contributed by atoms with Gasteiger partial charge >= 0.3 is 0 Å². The van der Waals surface area contributed by atoms with E-state index in [0.29, 0.717) is 0 Å². The second kappa shape index (κ2) is 11.6. The van der Waals surface area contributed by atoms with Gasteiger partial charge in [0.05, 0.1) is 19.7 Å². The normalized spacial score (nSPS) is 15.8. The third-order valence-corrected chi connectivity index (χ3v) is 5.99. The van der Waals surface area contributed by atoms with Crippen molar-refractivity contribution < 1.29 is 4.74 Å². The summed E-state index contributed by atoms with van der Waals surface area (Å²) in [5.74, 6) is 1.79. The molecule has 3 rings (SSSR count). The Balaban J connectivity index is 0.00000280. The Labute approximate surface area is 189 Å². The highest BCUT2D eigenvalue weighted by Gasteiger charge is 2.26. The molecule has 1 saturated heterocycles. The summed E-state index contributed by atoms with van der Waals surface area (Å²) in [6.45, 7) is 5.98. The minimum Gasteiger partial charge on any atom is -0.496 e. The molecule has 1 atom stereocenters. The first kappa shape index (κ1) is 23.0. The Morgan fingerprint density at radius 2 is 1.93 bits per heavy atom. The molecule has 0 radical (unpaired) electrons. The Bertz CT molecular complexity index is 758. The molecule has 1 aliphatic heterocycles. The van der Waals surface area contributed by atoms with Crippen molar-refractivity contribution in [1.29, 1.82) is 0 Å². The first-order valence-electron chi connectivity index (χ1n) is 9.58. The van der Waals surface area contributed by atoms with Crippen LogP contribution in [0.4, 0.5) is 0 Å². The number of halogens is 1. The summed E-state index contributed by atoms with van der Waals surface area (Å²) in [6, 6.07) is 12.9. The molecule has 1 fully saturated rings. The number of nitrogens with one attached hydrogen (secondary N) is 2. The van der Waals surface area contributed by atoms with Crippen LogP contribution in [0, 0.1) is 6.92 Å². The van der Waals surface area contributed by atoms with Crippen molar-refractivity contribution in [2.45, 2.75) is 32.4 Å². The number of methoxy groups -OCH3 is 1. The molecule has 5 nitrogen and oxygen atoms in total. The highest BCUT2D eigenvalue weighted by molar-refractivity contribution is 14.0. The molecule has 1 aromatic heterocycles. The maximum absolute atomic E-state index is 5.63. The van der Waals surface area contributed by atoms with Crippen molar-refractivity contribution in [3.05, 3.63) is 51.7 Å². The summed E-state index contributed by atoms with van der Waals surface area (Å²) in [5, 5.41) is 6.94. The molecule has 0 spiro atoms. The number of thiophene rings is 1. The number of hydrogen-bond acceptors (Lipinski definition) is 4. The second-order valence-electron chi connectivity index (χ2n) is 6.82. The van der Waals surface area contributed by atoms with E-state index < -0.39 is 0 Å². The lowest BCUT2D eigenvalue weighted by Crippen LogP contribution is -2.42. The Morgan fingerprint density at radius 3 is 2.57 bits per heavy atom. The van der Waals surface area contributed by atoms with Crippen molar-refractivity contribution in [3.8, 4) is 5.75 Å². The van der Waals surface area contributed by atoms with E-state index in [1.54, 1.807) is 7.11 Å². The average Bonchev–Trinajstić information content (AvgIpc) is 3.36. The number of aryl methyl sites for hydroxylation is 1. The maximum atomic E-state index is 5.63. The van der Waals surface area contributed by atoms with Gasteiger partial charge in [-0.3, -0.25) is 9.89 Å². The number of guanidine groups is 1. The van der Waals surface area contributed by atoms with Crippen molar-refractivity contribution >= 4 is 41.3 Å². The molecule has 154 valence electrons. The van der Waals surface area contributed by atoms with Gasteiger partial charge in [-0.05, 0) is 51.1 Å². The fraction of sp³-hybridized carbons (Fsp3) is 0.476. The van der Waals surface area contributed by atoms with Crippen molar-refractivity contribution in [2.75, 3.05) is 33.8 Å². The fourth-order valence-corrected chi connectivity index (χ4v) is 4.43. The number of hydrogen-bond donors (Lipinski definition) is 2. The lowest BCUT2D eigenvalue weighted by atomic mass is 10.0. The monoisotopic (exact) mass is 514 g/mol. The van der Waals surface area contributed by atoms with Crippen molar-refractivity contribution in [2.24, 2.45) is 4.99 Å². The van der Waals surface area contributed by atoms with Crippen LogP contribution >= 0.6 is 35.3 Å². The SMILES string of the molecule is CN=C(NCc1ccc(C)s1)NCC(c1ccccc1OC)N1CCCC1.I. The number of aliphatic imine (C=N–C) groups is 1. The minimum absolute atomic E-state index is 0. The molecule has 1 aliphatic rings. The van der Waals surface area contributed by atoms with Crippen LogP contribution in [0.15, 0.2) is 41.4 Å². The van der Waals surface area contributed by atoms with Crippen LogP contribution in [0.2, 0.25) is 0 Å². The average molecular weight is 514 g/mol. The minimum atomic E-state index is 0. The van der Waals surface area contributed by atoms with E-state index in [2.05, 4.69) is 51.7 Å². The molecule has 0 saturated carbocycles. The van der Waals surface area contributed by atoms with Crippen molar-refractivity contribution in [3.63, 3.8) is 0 Å². The summed E-state index contributed by atoms with van der Waals surface area (Å²) < 4.78 is 5.63. The van der Waals surface area contributed by atoms with Gasteiger partial charge in [0, 0.05) is 28.9 Å². The third kappa shape index (κ3) is 6.09. The molecule has 0 amide bonds. The molecule has 2 N–H and O–H groups in total. The number of rotatable bonds is 7. The zero-order chi connectivity index (χ0) is 19.1. The van der Waals surface area contributed by atoms with Crippen LogP contribution in [-0.4, -0.2) is 44.7 Å². The fourth-order valence-electron chi connectivity index (χ4n) is 3.60. The molecule has 28 heavy (non-hydrogen) atoms. The molecule has 2 aromatic rings. The highest BCUT2D eigenvalue weighted by Crippen LogP contribution is 2.31. The first-order chi connectivity index (χ1) is 13.2. The Morgan fingerprint density at radius 1 is 1.18 bits per heavy atom. The van der Waals surface area contributed by atoms with E-state index >= 15 is 0 Å². The summed E-state index contributed by atoms with van der Waals surface area (Å²) in [4.78, 5) is 9.59. The van der Waals surface area contributed by atoms with Gasteiger partial charge in [0.15, 0.2) is 5.96 Å². The summed E-state index contributed by atoms with van der Waals surface area (Å²) >= 11 is 1.82. The van der Waals surface area contributed by atoms with E-state index in [-0.39, 0.29) is 30.0 Å². The zero-order valence-electron chi connectivity index (χ0n) is 16.9. The van der Waals surface area contributed by atoms with Gasteiger partial charge in [0.25, 0.3) is 0 Å². The molecule has 0 bridgehead atoms. The predicted molar refractivity (Wildman–Crippen MR) is 129 cm³/mol. The lowest BCUT2D eigenvalue weighted by molar-refractivity contribution is 0.239. The van der Waals surface area contributed by atoms with Gasteiger partial charge < -0.3 is 15.4 Å². The standard InChI is InChI=1S/C21H30N4OS.HI/c1-16-10-11-17(27-16)14-23-21(22-2)24-15-19(25-12-6-7-13-25)18-8-4-5-9-20(18)26-3;/h4-5,8-11,19H,6-7,12-15H2,1-3H3,(H2,22,23,24);1H. The second-order valence-corrected chi connectivity index (χ2v) is 8.19. The van der Waals surface area contributed by atoms with Crippen LogP contribution < -0.4 is 15.4 Å². The van der Waals surface area contributed by atoms with Gasteiger partial charge in [-0.15, -0.1) is 35.3 Å². The molecule has 1 aromatic carbocycles. The number of nitrogens with zero attached hydrogens (tertiary/aromatic N) is 2. The van der Waals surface area contributed by atoms with Crippen molar-refractivity contribution in [1.82, 2.24) is 15.5 Å². The number of ether oxygens (including phenoxy) is 1. The van der Waals surface area contributed by atoms with Gasteiger partial charge in [-0.25, -0.2) is 0 Å². The topological polar surface area (TPSA) is 48.9 Å². The smallest absolute Gasteiger partial charge is 0.191 e. The third-order valence-electron chi connectivity index (χ3n) is 4.99. The molecule has 1 unspecified atom stereocenters. The molecule has 2 heterocycles. The first-order valence-corrected chi connectivity index (χ1v) is 10.4. The number of likely N-dealkylation sites (tertiary alicyclic amines) is 1. The molecular formula is C21H31IN4OS.